The van der Waals surface area contributed by atoms with Crippen LogP contribution in [0.4, 0.5) is 11.4 Å². The minimum atomic E-state index is -3.67. The highest BCUT2D eigenvalue weighted by Crippen LogP contribution is 2.45. The van der Waals surface area contributed by atoms with Crippen molar-refractivity contribution >= 4 is 44.0 Å². The third-order valence-corrected chi connectivity index (χ3v) is 8.48. The second kappa shape index (κ2) is 12.1. The van der Waals surface area contributed by atoms with E-state index in [1.54, 1.807) is 12.1 Å². The van der Waals surface area contributed by atoms with Crippen molar-refractivity contribution in [3.05, 3.63) is 59.7 Å². The molecule has 0 aromatic heterocycles. The number of benzene rings is 3. The topological polar surface area (TPSA) is 114 Å². The molecule has 2 aliphatic rings. The molecule has 11 heteroatoms. The number of nitrogens with one attached hydrogen (secondary N) is 1. The molecular weight excluding hydrogens is 570 g/mol. The fraction of sp³-hybridized carbons (Fsp3) is 0.438. The molecule has 10 nitrogen and oxygen atoms in total. The molecule has 2 amide bonds. The molecular formula is C32H39N3O7S. The highest BCUT2D eigenvalue weighted by molar-refractivity contribution is 7.92. The van der Waals surface area contributed by atoms with Gasteiger partial charge in [-0.3, -0.25) is 19.2 Å². The van der Waals surface area contributed by atoms with Crippen molar-refractivity contribution in [1.82, 2.24) is 4.90 Å². The number of sulfonamides is 1. The molecule has 1 unspecified atom stereocenters. The monoisotopic (exact) mass is 609 g/mol. The summed E-state index contributed by atoms with van der Waals surface area (Å²) in [5.74, 6) is -0.688. The molecule has 0 aliphatic carbocycles. The molecule has 0 bridgehead atoms. The Bertz CT molecular complexity index is 1640. The van der Waals surface area contributed by atoms with Crippen LogP contribution in [-0.2, 0) is 29.8 Å². The molecule has 230 valence electrons. The molecule has 2 fully saturated rings. The fourth-order valence-electron chi connectivity index (χ4n) is 5.66. The van der Waals surface area contributed by atoms with Crippen LogP contribution in [-0.4, -0.2) is 78.0 Å². The van der Waals surface area contributed by atoms with Crippen molar-refractivity contribution in [2.75, 3.05) is 62.4 Å². The predicted molar refractivity (Wildman–Crippen MR) is 167 cm³/mol. The van der Waals surface area contributed by atoms with Gasteiger partial charge in [0.25, 0.3) is 0 Å². The average molecular weight is 610 g/mol. The minimum absolute atomic E-state index is 0.0300. The number of carbonyl (C=O) groups excluding carboxylic acids is 2. The molecule has 0 spiro atoms. The first-order valence-corrected chi connectivity index (χ1v) is 16.3. The number of anilines is 2. The average Bonchev–Trinajstić information content (AvgIpc) is 3.24. The number of amides is 2. The largest absolute Gasteiger partial charge is 0.492 e. The van der Waals surface area contributed by atoms with Crippen LogP contribution in [0.25, 0.3) is 10.8 Å². The number of fused-ring (bicyclic) bond motifs is 1. The quantitative estimate of drug-likeness (QED) is 0.358. The van der Waals surface area contributed by atoms with Gasteiger partial charge in [0.2, 0.25) is 21.8 Å². The molecule has 2 heterocycles. The molecule has 3 aromatic rings. The van der Waals surface area contributed by atoms with Gasteiger partial charge in [-0.1, -0.05) is 51.1 Å². The number of rotatable bonds is 9. The van der Waals surface area contributed by atoms with Crippen LogP contribution in [0.15, 0.2) is 48.5 Å². The number of imide groups is 1. The number of nitrogens with zero attached hydrogens (tertiary/aromatic N) is 2. The van der Waals surface area contributed by atoms with E-state index in [4.69, 9.17) is 14.2 Å². The van der Waals surface area contributed by atoms with Gasteiger partial charge in [-0.05, 0) is 40.1 Å². The summed E-state index contributed by atoms with van der Waals surface area (Å²) >= 11 is 0. The van der Waals surface area contributed by atoms with Crippen LogP contribution in [0.2, 0.25) is 0 Å². The Hall–Kier alpha value is -3.67. The van der Waals surface area contributed by atoms with Gasteiger partial charge in [-0.15, -0.1) is 0 Å². The number of morpholine rings is 1. The van der Waals surface area contributed by atoms with Crippen molar-refractivity contribution in [1.29, 1.82) is 0 Å². The molecule has 0 saturated carbocycles. The lowest BCUT2D eigenvalue weighted by molar-refractivity contribution is -0.121. The van der Waals surface area contributed by atoms with E-state index in [-0.39, 0.29) is 29.5 Å². The lowest BCUT2D eigenvalue weighted by Crippen LogP contribution is -2.38. The first kappa shape index (κ1) is 30.8. The van der Waals surface area contributed by atoms with Gasteiger partial charge in [-0.25, -0.2) is 13.3 Å². The van der Waals surface area contributed by atoms with E-state index in [0.29, 0.717) is 6.61 Å². The summed E-state index contributed by atoms with van der Waals surface area (Å²) in [6.07, 6.45) is 1.01. The number of ether oxygens (including phenoxy) is 3. The summed E-state index contributed by atoms with van der Waals surface area (Å²) in [6.45, 7) is 10.4. The zero-order valence-corrected chi connectivity index (χ0v) is 26.1. The van der Waals surface area contributed by atoms with Crippen LogP contribution in [0.1, 0.15) is 44.2 Å². The Morgan fingerprint density at radius 3 is 2.37 bits per heavy atom. The Balaban J connectivity index is 1.49. The second-order valence-corrected chi connectivity index (χ2v) is 13.8. The van der Waals surface area contributed by atoms with Crippen LogP contribution in [0.5, 0.6) is 11.5 Å². The lowest BCUT2D eigenvalue weighted by Gasteiger charge is -2.26. The zero-order valence-electron chi connectivity index (χ0n) is 25.3. The van der Waals surface area contributed by atoms with Gasteiger partial charge >= 0.3 is 0 Å². The van der Waals surface area contributed by atoms with E-state index in [0.717, 1.165) is 71.7 Å². The summed E-state index contributed by atoms with van der Waals surface area (Å²) in [5.41, 5.74) is 1.44. The highest BCUT2D eigenvalue weighted by Gasteiger charge is 2.43. The Kier molecular flexibility index (Phi) is 8.69. The summed E-state index contributed by atoms with van der Waals surface area (Å²) in [4.78, 5) is 31.1. The second-order valence-electron chi connectivity index (χ2n) is 12.0. The molecule has 43 heavy (non-hydrogen) atoms. The van der Waals surface area contributed by atoms with Gasteiger partial charge in [0, 0.05) is 31.4 Å². The third-order valence-electron chi connectivity index (χ3n) is 7.88. The van der Waals surface area contributed by atoms with Crippen LogP contribution < -0.4 is 19.1 Å². The van der Waals surface area contributed by atoms with E-state index in [2.05, 4.69) is 9.62 Å². The SMILES string of the molecule is COc1c(NS(C)(=O)=O)cc(C(C)(C)C)cc1N1C(=O)CC(c2ccc(OCCN3CCOCC3)c3ccccc23)C1=O. The van der Waals surface area contributed by atoms with E-state index in [1.165, 1.54) is 7.11 Å². The number of methoxy groups -OCH3 is 1. The van der Waals surface area contributed by atoms with Crippen molar-refractivity contribution in [2.24, 2.45) is 0 Å². The molecule has 2 saturated heterocycles. The van der Waals surface area contributed by atoms with E-state index < -0.39 is 27.3 Å². The Morgan fingerprint density at radius 1 is 1.02 bits per heavy atom. The van der Waals surface area contributed by atoms with Gasteiger partial charge < -0.3 is 14.2 Å². The molecule has 3 aromatic carbocycles. The van der Waals surface area contributed by atoms with Crippen molar-refractivity contribution < 1.29 is 32.2 Å². The fourth-order valence-corrected chi connectivity index (χ4v) is 6.22. The normalized spacial score (nSPS) is 18.3. The molecule has 1 N–H and O–H groups in total. The maximum atomic E-state index is 14.1. The first-order chi connectivity index (χ1) is 20.4. The lowest BCUT2D eigenvalue weighted by atomic mass is 9.86. The van der Waals surface area contributed by atoms with Gasteiger partial charge in [0.15, 0.2) is 5.75 Å². The van der Waals surface area contributed by atoms with Crippen molar-refractivity contribution in [3.8, 4) is 11.5 Å². The number of carbonyl (C=O) groups is 2. The van der Waals surface area contributed by atoms with E-state index >= 15 is 0 Å². The summed E-state index contributed by atoms with van der Waals surface area (Å²) in [5, 5.41) is 1.71. The standard InChI is InChI=1S/C32H39N3O7S/c1-32(2,3)21-18-26(33-43(5,38)39)30(40-4)27(19-21)35-29(36)20-25(31(35)37)23-10-11-28(24-9-7-6-8-22(23)24)42-17-14-34-12-15-41-16-13-34/h6-11,18-19,25,33H,12-17,20H2,1-5H3. The van der Waals surface area contributed by atoms with Gasteiger partial charge in [0.1, 0.15) is 12.4 Å². The summed E-state index contributed by atoms with van der Waals surface area (Å²) in [7, 11) is -2.29. The van der Waals surface area contributed by atoms with Gasteiger partial charge in [-0.2, -0.15) is 0 Å². The molecule has 2 aliphatic heterocycles. The highest BCUT2D eigenvalue weighted by atomic mass is 32.2. The van der Waals surface area contributed by atoms with Crippen LogP contribution in [0.3, 0.4) is 0 Å². The number of hydrogen-bond acceptors (Lipinski definition) is 8. The molecule has 0 radical (unpaired) electrons. The predicted octanol–water partition coefficient (Wildman–Crippen LogP) is 4.28. The van der Waals surface area contributed by atoms with E-state index in [9.17, 15) is 18.0 Å². The Morgan fingerprint density at radius 2 is 1.72 bits per heavy atom. The minimum Gasteiger partial charge on any atom is -0.492 e. The maximum Gasteiger partial charge on any atom is 0.241 e. The van der Waals surface area contributed by atoms with Crippen LogP contribution >= 0.6 is 0 Å². The molecule has 5 rings (SSSR count). The third kappa shape index (κ3) is 6.63. The summed E-state index contributed by atoms with van der Waals surface area (Å²) < 4.78 is 44.1. The number of hydrogen-bond donors (Lipinski definition) is 1. The Labute approximate surface area is 252 Å². The van der Waals surface area contributed by atoms with Crippen molar-refractivity contribution in [3.63, 3.8) is 0 Å². The summed E-state index contributed by atoms with van der Waals surface area (Å²) in [6, 6.07) is 14.9. The molecule has 1 atom stereocenters. The first-order valence-electron chi connectivity index (χ1n) is 14.4. The zero-order chi connectivity index (χ0) is 30.9. The maximum absolute atomic E-state index is 14.1. The smallest absolute Gasteiger partial charge is 0.241 e. The van der Waals surface area contributed by atoms with Crippen molar-refractivity contribution in [2.45, 2.75) is 38.5 Å². The van der Waals surface area contributed by atoms with Gasteiger partial charge in [0.05, 0.1) is 43.9 Å². The van der Waals surface area contributed by atoms with Crippen LogP contribution in [0, 0.1) is 0 Å². The van der Waals surface area contributed by atoms with E-state index in [1.807, 2.05) is 57.2 Å².